The molecule has 3 fully saturated rings. The van der Waals surface area contributed by atoms with Gasteiger partial charge in [0.15, 0.2) is 0 Å². The van der Waals surface area contributed by atoms with Crippen LogP contribution < -0.4 is 0 Å². The highest BCUT2D eigenvalue weighted by atomic mass is 16.1. The highest BCUT2D eigenvalue weighted by molar-refractivity contribution is 5.90. The van der Waals surface area contributed by atoms with Crippen molar-refractivity contribution in [3.8, 4) is 0 Å². The molecule has 4 aliphatic carbocycles. The molecule has 2 nitrogen and oxygen atoms in total. The SMILES string of the molecule is CC12C=CC3(CCC4(C)C(C)(C)C(=O)CCC4(C)C3CC1=O)C2. The maximum atomic E-state index is 12.9. The van der Waals surface area contributed by atoms with Crippen molar-refractivity contribution >= 4 is 11.6 Å². The number of allylic oxidation sites excluding steroid dienone is 2. The molecule has 2 bridgehead atoms. The van der Waals surface area contributed by atoms with Gasteiger partial charge in [-0.1, -0.05) is 39.8 Å². The van der Waals surface area contributed by atoms with Crippen molar-refractivity contribution in [2.24, 2.45) is 33.0 Å². The predicted molar refractivity (Wildman–Crippen MR) is 90.9 cm³/mol. The Kier molecular flexibility index (Phi) is 2.71. The normalized spacial score (nSPS) is 53.9. The third-order valence-corrected chi connectivity index (χ3v) is 9.27. The maximum absolute atomic E-state index is 12.9. The summed E-state index contributed by atoms with van der Waals surface area (Å²) >= 11 is 0. The number of hydrogen-bond donors (Lipinski definition) is 0. The van der Waals surface area contributed by atoms with Gasteiger partial charge in [0.2, 0.25) is 0 Å². The largest absolute Gasteiger partial charge is 0.299 e. The smallest absolute Gasteiger partial charge is 0.142 e. The molecule has 0 aromatic heterocycles. The summed E-state index contributed by atoms with van der Waals surface area (Å²) in [5.74, 6) is 1.25. The van der Waals surface area contributed by atoms with Gasteiger partial charge in [0.05, 0.1) is 0 Å². The molecule has 0 saturated heterocycles. The second-order valence-corrected chi connectivity index (χ2v) is 10.1. The molecule has 0 aromatic carbocycles. The molecule has 126 valence electrons. The van der Waals surface area contributed by atoms with Gasteiger partial charge in [-0.05, 0) is 54.8 Å². The van der Waals surface area contributed by atoms with E-state index in [-0.39, 0.29) is 27.1 Å². The van der Waals surface area contributed by atoms with E-state index in [4.69, 9.17) is 0 Å². The Labute approximate surface area is 140 Å². The van der Waals surface area contributed by atoms with Crippen LogP contribution in [0.1, 0.15) is 73.1 Å². The molecule has 5 unspecified atom stereocenters. The first-order valence-corrected chi connectivity index (χ1v) is 9.28. The lowest BCUT2D eigenvalue weighted by molar-refractivity contribution is -0.199. The first-order valence-electron chi connectivity index (χ1n) is 9.28. The number of ketones is 2. The van der Waals surface area contributed by atoms with E-state index in [0.29, 0.717) is 30.3 Å². The Morgan fingerprint density at radius 2 is 1.61 bits per heavy atom. The van der Waals surface area contributed by atoms with Crippen LogP contribution >= 0.6 is 0 Å². The standard InChI is InChI=1S/C21H30O2/c1-17(2)15(22)6-7-19(4)14-12-16(23)18(3)8-10-21(14,13-18)11-9-20(17,19)5/h8,10,14H,6-7,9,11-13H2,1-5H3. The van der Waals surface area contributed by atoms with Crippen LogP contribution in [0.15, 0.2) is 12.2 Å². The zero-order valence-electron chi connectivity index (χ0n) is 15.3. The van der Waals surface area contributed by atoms with Gasteiger partial charge in [-0.3, -0.25) is 9.59 Å². The van der Waals surface area contributed by atoms with Crippen molar-refractivity contribution in [1.29, 1.82) is 0 Å². The fourth-order valence-electron chi connectivity index (χ4n) is 7.03. The van der Waals surface area contributed by atoms with Gasteiger partial charge in [-0.15, -0.1) is 0 Å². The Bertz CT molecular complexity index is 644. The van der Waals surface area contributed by atoms with Crippen molar-refractivity contribution in [1.82, 2.24) is 0 Å². The Balaban J connectivity index is 1.85. The van der Waals surface area contributed by atoms with E-state index in [1.165, 1.54) is 0 Å². The van der Waals surface area contributed by atoms with Crippen molar-refractivity contribution < 1.29 is 9.59 Å². The highest BCUT2D eigenvalue weighted by Crippen LogP contribution is 2.74. The number of carbonyl (C=O) groups excluding carboxylic acids is 2. The number of hydrogen-bond acceptors (Lipinski definition) is 2. The first kappa shape index (κ1) is 15.6. The van der Waals surface area contributed by atoms with E-state index in [1.807, 2.05) is 0 Å². The molecular weight excluding hydrogens is 284 g/mol. The summed E-state index contributed by atoms with van der Waals surface area (Å²) in [6, 6.07) is 0. The molecule has 1 spiro atoms. The average Bonchev–Trinajstić information content (AvgIpc) is 2.78. The maximum Gasteiger partial charge on any atom is 0.142 e. The topological polar surface area (TPSA) is 34.1 Å². The van der Waals surface area contributed by atoms with Crippen LogP contribution in [0.4, 0.5) is 0 Å². The van der Waals surface area contributed by atoms with E-state index in [1.54, 1.807) is 0 Å². The van der Waals surface area contributed by atoms with E-state index >= 15 is 0 Å². The first-order chi connectivity index (χ1) is 10.5. The second kappa shape index (κ2) is 4.00. The molecule has 5 atom stereocenters. The minimum atomic E-state index is -0.284. The molecule has 3 saturated carbocycles. The molecule has 0 N–H and O–H groups in total. The van der Waals surface area contributed by atoms with Crippen molar-refractivity contribution in [2.45, 2.75) is 73.1 Å². The molecule has 4 aliphatic rings. The van der Waals surface area contributed by atoms with Gasteiger partial charge in [-0.2, -0.15) is 0 Å². The van der Waals surface area contributed by atoms with Crippen LogP contribution in [0.5, 0.6) is 0 Å². The monoisotopic (exact) mass is 314 g/mol. The summed E-state index contributed by atoms with van der Waals surface area (Å²) in [5, 5.41) is 0. The van der Waals surface area contributed by atoms with Gasteiger partial charge in [0.1, 0.15) is 11.6 Å². The van der Waals surface area contributed by atoms with Crippen LogP contribution in [0.3, 0.4) is 0 Å². The minimum Gasteiger partial charge on any atom is -0.299 e. The number of fused-ring (bicyclic) bond motifs is 3. The molecule has 0 aromatic rings. The van der Waals surface area contributed by atoms with Crippen LogP contribution in [0.25, 0.3) is 0 Å². The third kappa shape index (κ3) is 1.52. The molecular formula is C21H30O2. The van der Waals surface area contributed by atoms with Crippen LogP contribution in [0.2, 0.25) is 0 Å². The van der Waals surface area contributed by atoms with Gasteiger partial charge >= 0.3 is 0 Å². The quantitative estimate of drug-likeness (QED) is 0.606. The highest BCUT2D eigenvalue weighted by Gasteiger charge is 2.70. The summed E-state index contributed by atoms with van der Waals surface area (Å²) in [5.41, 5.74) is -0.230. The molecule has 0 heterocycles. The van der Waals surface area contributed by atoms with Gasteiger partial charge < -0.3 is 0 Å². The van der Waals surface area contributed by atoms with Gasteiger partial charge in [-0.25, -0.2) is 0 Å². The summed E-state index contributed by atoms with van der Waals surface area (Å²) in [6.07, 6.45) is 10.2. The summed E-state index contributed by atoms with van der Waals surface area (Å²) < 4.78 is 0. The molecule has 2 heteroatoms. The summed E-state index contributed by atoms with van der Waals surface area (Å²) in [6.45, 7) is 11.2. The van der Waals surface area contributed by atoms with Crippen LogP contribution in [-0.4, -0.2) is 11.6 Å². The number of Topliss-reactive ketones (excluding diaryl/α,β-unsaturated/α-hetero) is 2. The van der Waals surface area contributed by atoms with Gasteiger partial charge in [0, 0.05) is 23.7 Å². The van der Waals surface area contributed by atoms with E-state index in [2.05, 4.69) is 46.8 Å². The Morgan fingerprint density at radius 1 is 0.913 bits per heavy atom. The molecule has 4 rings (SSSR count). The zero-order chi connectivity index (χ0) is 16.9. The molecule has 0 radical (unpaired) electrons. The van der Waals surface area contributed by atoms with Crippen LogP contribution in [-0.2, 0) is 9.59 Å². The minimum absolute atomic E-state index is 0.00426. The molecule has 0 aliphatic heterocycles. The number of rotatable bonds is 0. The van der Waals surface area contributed by atoms with Crippen molar-refractivity contribution in [3.05, 3.63) is 12.2 Å². The van der Waals surface area contributed by atoms with Gasteiger partial charge in [0.25, 0.3) is 0 Å². The fourth-order valence-corrected chi connectivity index (χ4v) is 7.03. The van der Waals surface area contributed by atoms with E-state index < -0.39 is 0 Å². The van der Waals surface area contributed by atoms with E-state index in [0.717, 1.165) is 25.7 Å². The van der Waals surface area contributed by atoms with Crippen LogP contribution in [0, 0.1) is 33.0 Å². The number of carbonyl (C=O) groups is 2. The zero-order valence-corrected chi connectivity index (χ0v) is 15.3. The average molecular weight is 314 g/mol. The lowest BCUT2D eigenvalue weighted by Crippen LogP contribution is -2.65. The summed E-state index contributed by atoms with van der Waals surface area (Å²) in [4.78, 5) is 25.5. The lowest BCUT2D eigenvalue weighted by atomic mass is 9.34. The Morgan fingerprint density at radius 3 is 2.30 bits per heavy atom. The second-order valence-electron chi connectivity index (χ2n) is 10.1. The summed E-state index contributed by atoms with van der Waals surface area (Å²) in [7, 11) is 0. The van der Waals surface area contributed by atoms with Crippen molar-refractivity contribution in [2.75, 3.05) is 0 Å². The Hall–Kier alpha value is -0.920. The predicted octanol–water partition coefficient (Wildman–Crippen LogP) is 4.72. The third-order valence-electron chi connectivity index (χ3n) is 9.27. The molecule has 0 amide bonds. The molecule has 23 heavy (non-hydrogen) atoms. The lowest BCUT2D eigenvalue weighted by Gasteiger charge is -2.68. The van der Waals surface area contributed by atoms with E-state index in [9.17, 15) is 9.59 Å². The van der Waals surface area contributed by atoms with Crippen molar-refractivity contribution in [3.63, 3.8) is 0 Å². The fraction of sp³-hybridized carbons (Fsp3) is 0.810.